The first-order chi connectivity index (χ1) is 26.1. The smallest absolute Gasteiger partial charge is 0.337 e. The van der Waals surface area contributed by atoms with Crippen molar-refractivity contribution >= 4 is 41.4 Å². The topological polar surface area (TPSA) is 108 Å². The SMILES string of the molecule is COC(=O)c1ccc2c(c1)N(C[C@@H]1CC[C@H]1[C@H](/C=C\[C@H]1CC[C@@H]1CS(=O)(=O)c1ncccn1)O[Si](C)(C)C(C)(C)C)CC1(CCCc3cc(Cl)ccc31)CO2. The predicted molar refractivity (Wildman–Crippen MR) is 219 cm³/mol. The van der Waals surface area contributed by atoms with E-state index in [0.29, 0.717) is 18.1 Å². The molecule has 0 amide bonds. The van der Waals surface area contributed by atoms with Crippen molar-refractivity contribution in [2.75, 3.05) is 37.5 Å². The number of rotatable bonds is 11. The molecule has 1 spiro atoms. The molecule has 55 heavy (non-hydrogen) atoms. The Morgan fingerprint density at radius 2 is 1.85 bits per heavy atom. The standard InChI is InChI=1S/C43H56ClN3O6SSi/c1-42(2,3)55(5,6)53-38(18-13-29-10-11-33(29)26-54(49,50)41-45-21-8-22-46-41)35-16-12-32(35)25-47-27-43(20-7-9-30-23-34(44)15-17-36(30)43)28-52-39-19-14-31(24-37(39)47)40(48)51-4/h8,13-15,17-19,21-24,29,32-33,35,38H,7,9-12,16,20,25-28H2,1-6H3/b18-13-/t29-,32+,33-,35-,38+,43?/m1/s1. The number of hydrogen-bond donors (Lipinski definition) is 0. The lowest BCUT2D eigenvalue weighted by Crippen LogP contribution is -2.52. The van der Waals surface area contributed by atoms with E-state index in [4.69, 9.17) is 25.5 Å². The number of sulfone groups is 1. The number of carbonyl (C=O) groups excluding carboxylic acids is 1. The van der Waals surface area contributed by atoms with Crippen LogP contribution in [0, 0.1) is 23.7 Å². The lowest BCUT2D eigenvalue weighted by Gasteiger charge is -2.48. The Morgan fingerprint density at radius 1 is 1.09 bits per heavy atom. The Labute approximate surface area is 333 Å². The predicted octanol–water partition coefficient (Wildman–Crippen LogP) is 8.86. The van der Waals surface area contributed by atoms with Gasteiger partial charge >= 0.3 is 5.97 Å². The zero-order chi connectivity index (χ0) is 39.2. The van der Waals surface area contributed by atoms with Crippen LogP contribution in [0.25, 0.3) is 0 Å². The van der Waals surface area contributed by atoms with Crippen LogP contribution in [0.1, 0.15) is 80.8 Å². The van der Waals surface area contributed by atoms with Gasteiger partial charge in [0.05, 0.1) is 36.8 Å². The lowest BCUT2D eigenvalue weighted by atomic mass is 9.68. The molecule has 6 atom stereocenters. The second-order valence-electron chi connectivity index (χ2n) is 17.8. The van der Waals surface area contributed by atoms with E-state index in [1.54, 1.807) is 12.1 Å². The van der Waals surface area contributed by atoms with Gasteiger partial charge in [-0.15, -0.1) is 0 Å². The molecule has 2 heterocycles. The molecular weight excluding hydrogens is 750 g/mol. The largest absolute Gasteiger partial charge is 0.490 e. The van der Waals surface area contributed by atoms with Gasteiger partial charge in [-0.1, -0.05) is 50.6 Å². The van der Waals surface area contributed by atoms with Crippen LogP contribution in [0.4, 0.5) is 5.69 Å². The molecular formula is C43H56ClN3O6SSi. The monoisotopic (exact) mass is 805 g/mol. The fourth-order valence-electron chi connectivity index (χ4n) is 8.79. The van der Waals surface area contributed by atoms with Gasteiger partial charge in [0.15, 0.2) is 8.32 Å². The average Bonchev–Trinajstić information content (AvgIpc) is 3.28. The molecule has 12 heteroatoms. The van der Waals surface area contributed by atoms with Gasteiger partial charge in [0, 0.05) is 35.9 Å². The normalized spacial score (nSPS) is 25.9. The van der Waals surface area contributed by atoms with Crippen LogP contribution >= 0.6 is 11.6 Å². The highest BCUT2D eigenvalue weighted by Crippen LogP contribution is 2.49. The van der Waals surface area contributed by atoms with Crippen LogP contribution < -0.4 is 9.64 Å². The first-order valence-corrected chi connectivity index (χ1v) is 24.8. The minimum Gasteiger partial charge on any atom is -0.490 e. The molecule has 3 aromatic rings. The van der Waals surface area contributed by atoms with Crippen LogP contribution in [0.5, 0.6) is 5.75 Å². The maximum Gasteiger partial charge on any atom is 0.337 e. The van der Waals surface area contributed by atoms with Crippen molar-refractivity contribution in [3.8, 4) is 5.75 Å². The summed E-state index contributed by atoms with van der Waals surface area (Å²) < 4.78 is 45.5. The van der Waals surface area contributed by atoms with Gasteiger partial charge in [-0.3, -0.25) is 0 Å². The van der Waals surface area contributed by atoms with E-state index in [1.807, 2.05) is 18.2 Å². The summed E-state index contributed by atoms with van der Waals surface area (Å²) in [6.45, 7) is 13.6. The molecule has 296 valence electrons. The van der Waals surface area contributed by atoms with E-state index in [-0.39, 0.29) is 51.2 Å². The van der Waals surface area contributed by atoms with E-state index >= 15 is 0 Å². The zero-order valence-electron chi connectivity index (χ0n) is 33.1. The molecule has 2 fully saturated rings. The molecule has 1 unspecified atom stereocenters. The summed E-state index contributed by atoms with van der Waals surface area (Å²) in [6.07, 6.45) is 14.4. The Hall–Kier alpha value is -3.25. The van der Waals surface area contributed by atoms with E-state index in [0.717, 1.165) is 74.5 Å². The van der Waals surface area contributed by atoms with Crippen molar-refractivity contribution in [1.82, 2.24) is 9.97 Å². The second-order valence-corrected chi connectivity index (χ2v) is 24.9. The molecule has 0 bridgehead atoms. The zero-order valence-corrected chi connectivity index (χ0v) is 35.7. The third-order valence-corrected chi connectivity index (χ3v) is 19.7. The number of nitrogens with zero attached hydrogens (tertiary/aromatic N) is 3. The number of halogens is 1. The minimum atomic E-state index is -3.58. The molecule has 2 saturated carbocycles. The summed E-state index contributed by atoms with van der Waals surface area (Å²) in [5.74, 6) is 1.27. The molecule has 0 N–H and O–H groups in total. The molecule has 0 radical (unpaired) electrons. The number of hydrogen-bond acceptors (Lipinski definition) is 9. The van der Waals surface area contributed by atoms with Crippen molar-refractivity contribution in [3.05, 3.63) is 88.7 Å². The Balaban J connectivity index is 1.17. The third-order valence-electron chi connectivity index (χ3n) is 13.3. The van der Waals surface area contributed by atoms with E-state index in [2.05, 4.69) is 73.0 Å². The van der Waals surface area contributed by atoms with Crippen LogP contribution in [-0.2, 0) is 30.8 Å². The first-order valence-electron chi connectivity index (χ1n) is 19.8. The number of fused-ring (bicyclic) bond motifs is 3. The third kappa shape index (κ3) is 8.27. The van der Waals surface area contributed by atoms with Crippen LogP contribution in [0.3, 0.4) is 0 Å². The number of methoxy groups -OCH3 is 1. The fraction of sp³-hybridized carbons (Fsp3) is 0.558. The quantitative estimate of drug-likeness (QED) is 0.0813. The van der Waals surface area contributed by atoms with E-state index in [1.165, 1.54) is 30.6 Å². The van der Waals surface area contributed by atoms with Gasteiger partial charge in [-0.05, 0) is 134 Å². The molecule has 0 saturated heterocycles. The van der Waals surface area contributed by atoms with Crippen molar-refractivity contribution in [2.45, 2.75) is 101 Å². The second kappa shape index (κ2) is 15.6. The van der Waals surface area contributed by atoms with Crippen molar-refractivity contribution in [1.29, 1.82) is 0 Å². The molecule has 7 rings (SSSR count). The maximum absolute atomic E-state index is 13.2. The summed E-state index contributed by atoms with van der Waals surface area (Å²) >= 11 is 6.50. The highest BCUT2D eigenvalue weighted by molar-refractivity contribution is 7.91. The van der Waals surface area contributed by atoms with Gasteiger partial charge in [0.1, 0.15) is 5.75 Å². The number of aryl methyl sites for hydroxylation is 1. The minimum absolute atomic E-state index is 0.0239. The van der Waals surface area contributed by atoms with Gasteiger partial charge in [-0.2, -0.15) is 0 Å². The molecule has 3 aliphatic carbocycles. The van der Waals surface area contributed by atoms with Crippen LogP contribution in [0.15, 0.2) is 72.2 Å². The average molecular weight is 807 g/mol. The summed E-state index contributed by atoms with van der Waals surface area (Å²) in [4.78, 5) is 23.3. The number of ether oxygens (including phenoxy) is 2. The summed E-state index contributed by atoms with van der Waals surface area (Å²) in [5, 5.41) is 0.685. The number of anilines is 1. The first kappa shape index (κ1) is 40.0. The Morgan fingerprint density at radius 3 is 2.53 bits per heavy atom. The number of carbonyl (C=O) groups is 1. The Bertz CT molecular complexity index is 2020. The number of esters is 1. The van der Waals surface area contributed by atoms with Crippen molar-refractivity contribution in [2.24, 2.45) is 23.7 Å². The molecule has 1 aliphatic heterocycles. The number of allylic oxidation sites excluding steroid dienone is 1. The number of aromatic nitrogens is 2. The van der Waals surface area contributed by atoms with Gasteiger partial charge in [0.25, 0.3) is 0 Å². The van der Waals surface area contributed by atoms with Gasteiger partial charge in [0.2, 0.25) is 15.0 Å². The molecule has 2 aromatic carbocycles. The van der Waals surface area contributed by atoms with Gasteiger partial charge < -0.3 is 18.8 Å². The molecule has 9 nitrogen and oxygen atoms in total. The number of benzene rings is 2. The Kier molecular flexibility index (Phi) is 11.3. The molecule has 1 aromatic heterocycles. The highest BCUT2D eigenvalue weighted by atomic mass is 35.5. The van der Waals surface area contributed by atoms with Crippen LogP contribution in [-0.4, -0.2) is 71.3 Å². The fourth-order valence-corrected chi connectivity index (χ4v) is 11.8. The van der Waals surface area contributed by atoms with Gasteiger partial charge in [-0.25, -0.2) is 23.2 Å². The lowest BCUT2D eigenvalue weighted by molar-refractivity contribution is 0.0519. The molecule has 4 aliphatic rings. The maximum atomic E-state index is 13.2. The van der Waals surface area contributed by atoms with Crippen molar-refractivity contribution < 1.29 is 27.1 Å². The van der Waals surface area contributed by atoms with E-state index < -0.39 is 18.2 Å². The highest BCUT2D eigenvalue weighted by Gasteiger charge is 2.47. The summed E-state index contributed by atoms with van der Waals surface area (Å²) in [6, 6.07) is 13.6. The van der Waals surface area contributed by atoms with Crippen molar-refractivity contribution in [3.63, 3.8) is 0 Å². The summed E-state index contributed by atoms with van der Waals surface area (Å²) in [5.41, 5.74) is 3.78. The summed E-state index contributed by atoms with van der Waals surface area (Å²) in [7, 11) is -4.35. The van der Waals surface area contributed by atoms with Crippen LogP contribution in [0.2, 0.25) is 23.2 Å². The van der Waals surface area contributed by atoms with E-state index in [9.17, 15) is 13.2 Å².